The van der Waals surface area contributed by atoms with Gasteiger partial charge in [-0.15, -0.1) is 0 Å². The molecule has 0 heterocycles. The van der Waals surface area contributed by atoms with Gasteiger partial charge in [-0.2, -0.15) is 0 Å². The first-order chi connectivity index (χ1) is 24.5. The number of esters is 2. The number of rotatable bonds is 39. The summed E-state index contributed by atoms with van der Waals surface area (Å²) in [5.41, 5.74) is 0. The molecule has 0 spiro atoms. The fourth-order valence-electron chi connectivity index (χ4n) is 7.37. The second-order valence-corrected chi connectivity index (χ2v) is 15.9. The van der Waals surface area contributed by atoms with Crippen molar-refractivity contribution < 1.29 is 19.1 Å². The molecular weight excluding hydrogens is 618 g/mol. The first-order valence-corrected chi connectivity index (χ1v) is 22.6. The third-order valence-electron chi connectivity index (χ3n) is 11.0. The van der Waals surface area contributed by atoms with Crippen molar-refractivity contribution in [1.82, 2.24) is 4.90 Å². The van der Waals surface area contributed by atoms with Crippen molar-refractivity contribution in [3.05, 3.63) is 0 Å². The number of unbranched alkanes of at least 4 members (excludes halogenated alkanes) is 21. The van der Waals surface area contributed by atoms with Gasteiger partial charge in [-0.1, -0.05) is 150 Å². The van der Waals surface area contributed by atoms with Crippen LogP contribution < -0.4 is 0 Å². The predicted molar refractivity (Wildman–Crippen MR) is 215 cm³/mol. The van der Waals surface area contributed by atoms with Crippen LogP contribution in [-0.4, -0.2) is 48.7 Å². The molecule has 0 aromatic rings. The van der Waals surface area contributed by atoms with E-state index in [1.807, 2.05) is 0 Å². The molecule has 1 fully saturated rings. The van der Waals surface area contributed by atoms with E-state index in [0.29, 0.717) is 18.8 Å². The summed E-state index contributed by atoms with van der Waals surface area (Å²) in [7, 11) is 0. The van der Waals surface area contributed by atoms with Crippen LogP contribution in [0.3, 0.4) is 0 Å². The van der Waals surface area contributed by atoms with E-state index in [1.54, 1.807) is 0 Å². The van der Waals surface area contributed by atoms with Gasteiger partial charge in [-0.3, -0.25) is 9.59 Å². The molecule has 0 aromatic heterocycles. The molecule has 296 valence electrons. The van der Waals surface area contributed by atoms with Crippen molar-refractivity contribution in [2.24, 2.45) is 5.92 Å². The number of hydrogen-bond donors (Lipinski definition) is 0. The largest absolute Gasteiger partial charge is 0.462 e. The van der Waals surface area contributed by atoms with Gasteiger partial charge in [0, 0.05) is 12.8 Å². The van der Waals surface area contributed by atoms with E-state index < -0.39 is 0 Å². The molecule has 1 rings (SSSR count). The number of hydrogen-bond acceptors (Lipinski definition) is 5. The fourth-order valence-corrected chi connectivity index (χ4v) is 7.37. The zero-order valence-electron chi connectivity index (χ0n) is 34.3. The Morgan fingerprint density at radius 3 is 1.32 bits per heavy atom. The summed E-state index contributed by atoms with van der Waals surface area (Å²) >= 11 is 0. The van der Waals surface area contributed by atoms with Crippen LogP contribution in [0, 0.1) is 5.92 Å². The van der Waals surface area contributed by atoms with E-state index in [1.165, 1.54) is 148 Å². The Bertz CT molecular complexity index is 737. The number of carbonyl (C=O) groups is 2. The van der Waals surface area contributed by atoms with Crippen LogP contribution in [0.1, 0.15) is 240 Å². The van der Waals surface area contributed by atoms with Crippen molar-refractivity contribution in [1.29, 1.82) is 0 Å². The van der Waals surface area contributed by atoms with Crippen molar-refractivity contribution in [2.75, 3.05) is 19.6 Å². The summed E-state index contributed by atoms with van der Waals surface area (Å²) in [6.07, 6.45) is 39.4. The van der Waals surface area contributed by atoms with E-state index in [4.69, 9.17) is 9.47 Å². The summed E-state index contributed by atoms with van der Waals surface area (Å²) in [5, 5.41) is 0. The highest BCUT2D eigenvalue weighted by Gasteiger charge is 2.33. The molecule has 5 heteroatoms. The van der Waals surface area contributed by atoms with E-state index in [-0.39, 0.29) is 24.1 Å². The van der Waals surface area contributed by atoms with Crippen molar-refractivity contribution >= 4 is 11.9 Å². The lowest BCUT2D eigenvalue weighted by atomic mass is 10.0. The molecule has 1 atom stereocenters. The SMILES string of the molecule is CCCCCCCCC(CCCCCCCC)OC(=O)CCCCCCCN(CC)CCCCCC(=O)OC(CCCCCCCC)C1CC1. The van der Waals surface area contributed by atoms with Gasteiger partial charge in [0.15, 0.2) is 0 Å². The molecule has 1 unspecified atom stereocenters. The zero-order valence-corrected chi connectivity index (χ0v) is 34.3. The highest BCUT2D eigenvalue weighted by molar-refractivity contribution is 5.69. The maximum atomic E-state index is 12.7. The van der Waals surface area contributed by atoms with Crippen LogP contribution in [0.2, 0.25) is 0 Å². The van der Waals surface area contributed by atoms with Gasteiger partial charge in [0.2, 0.25) is 0 Å². The lowest BCUT2D eigenvalue weighted by Gasteiger charge is -2.20. The normalized spacial score (nSPS) is 13.7. The second-order valence-electron chi connectivity index (χ2n) is 15.9. The third kappa shape index (κ3) is 29.5. The Morgan fingerprint density at radius 1 is 0.480 bits per heavy atom. The molecule has 0 aliphatic heterocycles. The van der Waals surface area contributed by atoms with Gasteiger partial charge < -0.3 is 14.4 Å². The molecule has 0 amide bonds. The van der Waals surface area contributed by atoms with E-state index in [9.17, 15) is 9.59 Å². The molecule has 1 saturated carbocycles. The Balaban J connectivity index is 2.11. The number of ether oxygens (including phenoxy) is 2. The van der Waals surface area contributed by atoms with E-state index in [0.717, 1.165) is 71.0 Å². The molecule has 5 nitrogen and oxygen atoms in total. The Labute approximate surface area is 312 Å². The molecule has 0 radical (unpaired) electrons. The monoisotopic (exact) mass is 706 g/mol. The minimum Gasteiger partial charge on any atom is -0.462 e. The fraction of sp³-hybridized carbons (Fsp3) is 0.956. The van der Waals surface area contributed by atoms with Gasteiger partial charge in [0.05, 0.1) is 0 Å². The number of carbonyl (C=O) groups excluding carboxylic acids is 2. The molecule has 0 bridgehead atoms. The Hall–Kier alpha value is -1.10. The van der Waals surface area contributed by atoms with Crippen LogP contribution >= 0.6 is 0 Å². The molecule has 1 aliphatic rings. The van der Waals surface area contributed by atoms with Gasteiger partial charge in [-0.25, -0.2) is 0 Å². The Morgan fingerprint density at radius 2 is 0.860 bits per heavy atom. The van der Waals surface area contributed by atoms with Crippen LogP contribution in [0.15, 0.2) is 0 Å². The Kier molecular flexibility index (Phi) is 32.8. The topological polar surface area (TPSA) is 55.8 Å². The van der Waals surface area contributed by atoms with Crippen molar-refractivity contribution in [2.45, 2.75) is 252 Å². The zero-order chi connectivity index (χ0) is 36.3. The molecule has 0 saturated heterocycles. The van der Waals surface area contributed by atoms with Gasteiger partial charge >= 0.3 is 11.9 Å². The third-order valence-corrected chi connectivity index (χ3v) is 11.0. The van der Waals surface area contributed by atoms with Crippen molar-refractivity contribution in [3.8, 4) is 0 Å². The van der Waals surface area contributed by atoms with Crippen LogP contribution in [0.5, 0.6) is 0 Å². The maximum Gasteiger partial charge on any atom is 0.306 e. The van der Waals surface area contributed by atoms with Crippen LogP contribution in [-0.2, 0) is 19.1 Å². The van der Waals surface area contributed by atoms with Crippen molar-refractivity contribution in [3.63, 3.8) is 0 Å². The summed E-state index contributed by atoms with van der Waals surface area (Å²) < 4.78 is 12.0. The second kappa shape index (κ2) is 35.0. The predicted octanol–water partition coefficient (Wildman–Crippen LogP) is 13.7. The smallest absolute Gasteiger partial charge is 0.306 e. The van der Waals surface area contributed by atoms with E-state index >= 15 is 0 Å². The molecule has 50 heavy (non-hydrogen) atoms. The van der Waals surface area contributed by atoms with Crippen LogP contribution in [0.25, 0.3) is 0 Å². The average molecular weight is 706 g/mol. The quantitative estimate of drug-likeness (QED) is 0.0471. The van der Waals surface area contributed by atoms with Gasteiger partial charge in [-0.05, 0) is 103 Å². The lowest BCUT2D eigenvalue weighted by molar-refractivity contribution is -0.151. The molecule has 0 N–H and O–H groups in total. The standard InChI is InChI=1S/C45H87NO4/c1-5-9-12-15-19-25-32-42(33-26-20-16-13-10-6-2)49-44(47)35-28-22-18-23-30-39-46(8-4)40-31-24-29-36-45(48)50-43(41-37-38-41)34-27-21-17-14-11-7-3/h41-43H,5-40H2,1-4H3. The molecule has 0 aromatic carbocycles. The van der Waals surface area contributed by atoms with Crippen LogP contribution in [0.4, 0.5) is 0 Å². The van der Waals surface area contributed by atoms with Gasteiger partial charge in [0.25, 0.3) is 0 Å². The first-order valence-electron chi connectivity index (χ1n) is 22.6. The first kappa shape index (κ1) is 46.9. The maximum absolute atomic E-state index is 12.7. The van der Waals surface area contributed by atoms with Gasteiger partial charge in [0.1, 0.15) is 12.2 Å². The minimum absolute atomic E-state index is 0.0354. The molecule has 1 aliphatic carbocycles. The highest BCUT2D eigenvalue weighted by atomic mass is 16.5. The summed E-state index contributed by atoms with van der Waals surface area (Å²) in [6, 6.07) is 0. The summed E-state index contributed by atoms with van der Waals surface area (Å²) in [5.74, 6) is 0.712. The molecular formula is C45H87NO4. The minimum atomic E-state index is 0.0354. The number of nitrogens with zero attached hydrogens (tertiary/aromatic N) is 1. The summed E-state index contributed by atoms with van der Waals surface area (Å²) in [4.78, 5) is 27.8. The van der Waals surface area contributed by atoms with E-state index in [2.05, 4.69) is 32.6 Å². The highest BCUT2D eigenvalue weighted by Crippen LogP contribution is 2.37. The average Bonchev–Trinajstić information content (AvgIpc) is 3.96. The lowest BCUT2D eigenvalue weighted by Crippen LogP contribution is -2.25. The summed E-state index contributed by atoms with van der Waals surface area (Å²) in [6.45, 7) is 12.4.